The summed E-state index contributed by atoms with van der Waals surface area (Å²) in [6.45, 7) is 2.06. The van der Waals surface area contributed by atoms with Gasteiger partial charge in [0.25, 0.3) is 0 Å². The lowest BCUT2D eigenvalue weighted by molar-refractivity contribution is 0.301. The first-order chi connectivity index (χ1) is 13.8. The Bertz CT molecular complexity index is 869. The number of para-hydroxylation sites is 1. The third kappa shape index (κ3) is 5.47. The van der Waals surface area contributed by atoms with Gasteiger partial charge in [0.2, 0.25) is 0 Å². The predicted octanol–water partition coefficient (Wildman–Crippen LogP) is 4.01. The van der Waals surface area contributed by atoms with Gasteiger partial charge in [-0.3, -0.25) is 4.98 Å². The molecule has 0 aliphatic carbocycles. The average Bonchev–Trinajstić information content (AvgIpc) is 2.76. The molecule has 0 atom stereocenters. The molecule has 5 heteroatoms. The normalized spacial score (nSPS) is 10.5. The minimum Gasteiger partial charge on any atom is -0.497 e. The van der Waals surface area contributed by atoms with Gasteiger partial charge in [0, 0.05) is 30.1 Å². The van der Waals surface area contributed by atoms with Crippen molar-refractivity contribution < 1.29 is 14.2 Å². The van der Waals surface area contributed by atoms with Crippen LogP contribution in [-0.4, -0.2) is 25.7 Å². The Kier molecular flexibility index (Phi) is 7.27. The first-order valence-electron chi connectivity index (χ1n) is 9.31. The van der Waals surface area contributed by atoms with Crippen LogP contribution in [-0.2, 0) is 19.6 Å². The summed E-state index contributed by atoms with van der Waals surface area (Å²) in [4.78, 5) is 4.12. The van der Waals surface area contributed by atoms with E-state index in [1.807, 2.05) is 54.7 Å². The fourth-order valence-electron chi connectivity index (χ4n) is 2.96. The molecule has 1 N–H and O–H groups in total. The summed E-state index contributed by atoms with van der Waals surface area (Å²) in [6.07, 6.45) is 4.43. The van der Waals surface area contributed by atoms with Crippen molar-refractivity contribution in [2.75, 3.05) is 20.8 Å². The molecule has 0 saturated heterocycles. The average molecular weight is 378 g/mol. The molecule has 5 nitrogen and oxygen atoms in total. The summed E-state index contributed by atoms with van der Waals surface area (Å²) in [5.41, 5.74) is 3.30. The van der Waals surface area contributed by atoms with E-state index in [1.165, 1.54) is 0 Å². The van der Waals surface area contributed by atoms with E-state index in [2.05, 4.69) is 16.4 Å². The Morgan fingerprint density at radius 1 is 0.893 bits per heavy atom. The SMILES string of the molecule is COc1ccc(OC)c(CCNCc2ccccc2OCc2cccnc2)c1. The van der Waals surface area contributed by atoms with Crippen molar-refractivity contribution >= 4 is 0 Å². The number of methoxy groups -OCH3 is 2. The summed E-state index contributed by atoms with van der Waals surface area (Å²) in [7, 11) is 3.36. The van der Waals surface area contributed by atoms with Crippen LogP contribution in [0.15, 0.2) is 67.0 Å². The number of aromatic nitrogens is 1. The minimum absolute atomic E-state index is 0.506. The second kappa shape index (κ2) is 10.3. The number of hydrogen-bond donors (Lipinski definition) is 1. The largest absolute Gasteiger partial charge is 0.497 e. The Balaban J connectivity index is 1.54. The number of rotatable bonds is 10. The zero-order chi connectivity index (χ0) is 19.6. The maximum atomic E-state index is 5.99. The van der Waals surface area contributed by atoms with Gasteiger partial charge in [0.15, 0.2) is 0 Å². The molecular formula is C23H26N2O3. The van der Waals surface area contributed by atoms with Gasteiger partial charge in [0.05, 0.1) is 14.2 Å². The molecule has 28 heavy (non-hydrogen) atoms. The number of pyridine rings is 1. The van der Waals surface area contributed by atoms with E-state index in [0.717, 1.165) is 53.4 Å². The second-order valence-corrected chi connectivity index (χ2v) is 6.36. The van der Waals surface area contributed by atoms with Crippen molar-refractivity contribution in [3.63, 3.8) is 0 Å². The minimum atomic E-state index is 0.506. The molecule has 3 rings (SSSR count). The number of nitrogens with one attached hydrogen (secondary N) is 1. The van der Waals surface area contributed by atoms with Crippen LogP contribution in [0.2, 0.25) is 0 Å². The number of ether oxygens (including phenoxy) is 3. The van der Waals surface area contributed by atoms with E-state index in [9.17, 15) is 0 Å². The van der Waals surface area contributed by atoms with Gasteiger partial charge in [-0.25, -0.2) is 0 Å². The first kappa shape index (κ1) is 19.7. The lowest BCUT2D eigenvalue weighted by Crippen LogP contribution is -2.17. The molecule has 0 spiro atoms. The highest BCUT2D eigenvalue weighted by atomic mass is 16.5. The fourth-order valence-corrected chi connectivity index (χ4v) is 2.96. The van der Waals surface area contributed by atoms with Gasteiger partial charge in [-0.15, -0.1) is 0 Å². The summed E-state index contributed by atoms with van der Waals surface area (Å²) in [5.74, 6) is 2.60. The van der Waals surface area contributed by atoms with E-state index < -0.39 is 0 Å². The van der Waals surface area contributed by atoms with Crippen LogP contribution in [0.5, 0.6) is 17.2 Å². The van der Waals surface area contributed by atoms with E-state index in [4.69, 9.17) is 14.2 Å². The highest BCUT2D eigenvalue weighted by molar-refractivity contribution is 5.40. The molecule has 0 amide bonds. The summed E-state index contributed by atoms with van der Waals surface area (Å²) in [5, 5.41) is 3.49. The van der Waals surface area contributed by atoms with Crippen LogP contribution in [0.4, 0.5) is 0 Å². The second-order valence-electron chi connectivity index (χ2n) is 6.36. The van der Waals surface area contributed by atoms with E-state index >= 15 is 0 Å². The van der Waals surface area contributed by atoms with Crippen LogP contribution in [0.3, 0.4) is 0 Å². The number of nitrogens with zero attached hydrogens (tertiary/aromatic N) is 1. The van der Waals surface area contributed by atoms with Crippen LogP contribution in [0.25, 0.3) is 0 Å². The third-order valence-electron chi connectivity index (χ3n) is 4.46. The maximum Gasteiger partial charge on any atom is 0.124 e. The maximum absolute atomic E-state index is 5.99. The molecule has 2 aromatic carbocycles. The Labute approximate surface area is 166 Å². The fraction of sp³-hybridized carbons (Fsp3) is 0.261. The molecule has 0 aliphatic rings. The van der Waals surface area contributed by atoms with Crippen LogP contribution < -0.4 is 19.5 Å². The zero-order valence-electron chi connectivity index (χ0n) is 16.4. The van der Waals surface area contributed by atoms with Gasteiger partial charge < -0.3 is 19.5 Å². The molecule has 1 aromatic heterocycles. The molecule has 0 unspecified atom stereocenters. The van der Waals surface area contributed by atoms with Gasteiger partial charge in [-0.05, 0) is 48.9 Å². The summed E-state index contributed by atoms with van der Waals surface area (Å²) in [6, 6.07) is 17.9. The van der Waals surface area contributed by atoms with Crippen molar-refractivity contribution in [1.29, 1.82) is 0 Å². The van der Waals surface area contributed by atoms with Crippen molar-refractivity contribution in [3.05, 3.63) is 83.7 Å². The molecular weight excluding hydrogens is 352 g/mol. The first-order valence-corrected chi connectivity index (χ1v) is 9.31. The molecule has 146 valence electrons. The van der Waals surface area contributed by atoms with Gasteiger partial charge in [-0.2, -0.15) is 0 Å². The van der Waals surface area contributed by atoms with Crippen molar-refractivity contribution in [2.24, 2.45) is 0 Å². The number of hydrogen-bond acceptors (Lipinski definition) is 5. The molecule has 0 radical (unpaired) electrons. The van der Waals surface area contributed by atoms with E-state index in [1.54, 1.807) is 20.4 Å². The zero-order valence-corrected chi connectivity index (χ0v) is 16.4. The molecule has 0 bridgehead atoms. The van der Waals surface area contributed by atoms with E-state index in [-0.39, 0.29) is 0 Å². The smallest absolute Gasteiger partial charge is 0.124 e. The highest BCUT2D eigenvalue weighted by Crippen LogP contribution is 2.24. The standard InChI is InChI=1S/C23H26N2O3/c1-26-21-9-10-22(27-2)19(14-21)11-13-25-16-20-7-3-4-8-23(20)28-17-18-6-5-12-24-15-18/h3-10,12,14-15,25H,11,13,16-17H2,1-2H3. The summed E-state index contributed by atoms with van der Waals surface area (Å²) >= 11 is 0. The lowest BCUT2D eigenvalue weighted by atomic mass is 10.1. The Hall–Kier alpha value is -3.05. The van der Waals surface area contributed by atoms with Gasteiger partial charge in [-0.1, -0.05) is 24.3 Å². The lowest BCUT2D eigenvalue weighted by Gasteiger charge is -2.13. The molecule has 0 saturated carbocycles. The van der Waals surface area contributed by atoms with Crippen LogP contribution in [0.1, 0.15) is 16.7 Å². The quantitative estimate of drug-likeness (QED) is 0.540. The molecule has 0 fully saturated rings. The molecule has 3 aromatic rings. The third-order valence-corrected chi connectivity index (χ3v) is 4.46. The van der Waals surface area contributed by atoms with Crippen LogP contribution >= 0.6 is 0 Å². The van der Waals surface area contributed by atoms with Crippen LogP contribution in [0, 0.1) is 0 Å². The molecule has 0 aliphatic heterocycles. The Morgan fingerprint density at radius 3 is 2.57 bits per heavy atom. The van der Waals surface area contributed by atoms with Gasteiger partial charge >= 0.3 is 0 Å². The molecule has 1 heterocycles. The monoisotopic (exact) mass is 378 g/mol. The van der Waals surface area contributed by atoms with Gasteiger partial charge in [0.1, 0.15) is 23.9 Å². The topological polar surface area (TPSA) is 52.6 Å². The van der Waals surface area contributed by atoms with Crippen molar-refractivity contribution in [1.82, 2.24) is 10.3 Å². The van der Waals surface area contributed by atoms with Crippen molar-refractivity contribution in [3.8, 4) is 17.2 Å². The van der Waals surface area contributed by atoms with Crippen molar-refractivity contribution in [2.45, 2.75) is 19.6 Å². The Morgan fingerprint density at radius 2 is 1.79 bits per heavy atom. The number of benzene rings is 2. The highest BCUT2D eigenvalue weighted by Gasteiger charge is 2.06. The predicted molar refractivity (Wildman–Crippen MR) is 110 cm³/mol. The summed E-state index contributed by atoms with van der Waals surface area (Å²) < 4.78 is 16.7. The van der Waals surface area contributed by atoms with E-state index in [0.29, 0.717) is 6.61 Å².